The summed E-state index contributed by atoms with van der Waals surface area (Å²) in [6.07, 6.45) is 14.4. The van der Waals surface area contributed by atoms with E-state index in [-0.39, 0.29) is 6.04 Å². The number of alkyl halides is 1. The topological polar surface area (TPSA) is 29.3 Å². The van der Waals surface area contributed by atoms with Gasteiger partial charge in [-0.3, -0.25) is 4.90 Å². The molecule has 1 aliphatic heterocycles. The van der Waals surface area contributed by atoms with Gasteiger partial charge in [0.25, 0.3) is 0 Å². The molecule has 1 rings (SSSR count). The highest BCUT2D eigenvalue weighted by molar-refractivity contribution is 4.86. The van der Waals surface area contributed by atoms with Crippen LogP contribution in [0.3, 0.4) is 0 Å². The van der Waals surface area contributed by atoms with Crippen molar-refractivity contribution in [2.24, 2.45) is 5.73 Å². The van der Waals surface area contributed by atoms with Gasteiger partial charge in [-0.1, -0.05) is 71.6 Å². The lowest BCUT2D eigenvalue weighted by Gasteiger charge is -2.38. The van der Waals surface area contributed by atoms with Gasteiger partial charge in [0.15, 0.2) is 0 Å². The molecule has 0 aliphatic carbocycles. The summed E-state index contributed by atoms with van der Waals surface area (Å²) in [6, 6.07) is 0.353. The van der Waals surface area contributed by atoms with Crippen LogP contribution in [-0.2, 0) is 0 Å². The number of nitrogens with zero attached hydrogens (tertiary/aromatic N) is 1. The fraction of sp³-hybridized carbons (Fsp3) is 1.00. The lowest BCUT2D eigenvalue weighted by atomic mass is 9.95. The highest BCUT2D eigenvalue weighted by Gasteiger charge is 2.29. The maximum atomic E-state index is 14.0. The third kappa shape index (κ3) is 7.92. The van der Waals surface area contributed by atoms with Crippen molar-refractivity contribution in [3.63, 3.8) is 0 Å². The summed E-state index contributed by atoms with van der Waals surface area (Å²) in [4.78, 5) is 2.40. The molecule has 2 N–H and O–H groups in total. The Kier molecular flexibility index (Phi) is 11.1. The van der Waals surface area contributed by atoms with Gasteiger partial charge in [0.1, 0.15) is 6.17 Å². The Labute approximate surface area is 138 Å². The Balaban J connectivity index is 2.35. The maximum Gasteiger partial charge on any atom is 0.128 e. The standard InChI is InChI=1S/C19H39FN2/c1-3-5-7-9-11-13-17(12-10-8-6-4-2)22-15-14-19(21)18(20)16-22/h17-19H,3-16,21H2,1-2H3/t17?,18-,19+/m1/s1. The molecule has 1 heterocycles. The van der Waals surface area contributed by atoms with Crippen molar-refractivity contribution < 1.29 is 4.39 Å². The largest absolute Gasteiger partial charge is 0.325 e. The van der Waals surface area contributed by atoms with E-state index in [0.717, 1.165) is 13.0 Å². The minimum Gasteiger partial charge on any atom is -0.325 e. The van der Waals surface area contributed by atoms with E-state index in [0.29, 0.717) is 12.6 Å². The van der Waals surface area contributed by atoms with E-state index in [9.17, 15) is 4.39 Å². The Bertz CT molecular complexity index is 260. The van der Waals surface area contributed by atoms with Crippen LogP contribution in [0.2, 0.25) is 0 Å². The highest BCUT2D eigenvalue weighted by atomic mass is 19.1. The van der Waals surface area contributed by atoms with Crippen LogP contribution in [0.4, 0.5) is 4.39 Å². The summed E-state index contributed by atoms with van der Waals surface area (Å²) in [5.41, 5.74) is 5.83. The monoisotopic (exact) mass is 314 g/mol. The molecule has 1 fully saturated rings. The molecule has 0 radical (unpaired) electrons. The average Bonchev–Trinajstić information content (AvgIpc) is 2.52. The van der Waals surface area contributed by atoms with Crippen LogP contribution in [0.1, 0.15) is 90.9 Å². The van der Waals surface area contributed by atoms with Gasteiger partial charge >= 0.3 is 0 Å². The van der Waals surface area contributed by atoms with Gasteiger partial charge in [-0.15, -0.1) is 0 Å². The Morgan fingerprint density at radius 3 is 2.05 bits per heavy atom. The quantitative estimate of drug-likeness (QED) is 0.510. The molecule has 0 aromatic rings. The summed E-state index contributed by atoms with van der Waals surface area (Å²) in [6.45, 7) is 6.07. The van der Waals surface area contributed by atoms with Crippen molar-refractivity contribution in [2.75, 3.05) is 13.1 Å². The molecule has 3 atom stereocenters. The van der Waals surface area contributed by atoms with Crippen LogP contribution in [0.25, 0.3) is 0 Å². The van der Waals surface area contributed by atoms with Crippen LogP contribution in [0.15, 0.2) is 0 Å². The second-order valence-corrected chi connectivity index (χ2v) is 7.17. The summed E-state index contributed by atoms with van der Waals surface area (Å²) in [5, 5.41) is 0. The number of hydrogen-bond acceptors (Lipinski definition) is 2. The molecule has 3 heteroatoms. The third-order valence-electron chi connectivity index (χ3n) is 5.17. The normalized spacial score (nSPS) is 24.5. The van der Waals surface area contributed by atoms with Crippen LogP contribution in [0, 0.1) is 0 Å². The first-order chi connectivity index (χ1) is 10.7. The minimum absolute atomic E-state index is 0.235. The van der Waals surface area contributed by atoms with Crippen LogP contribution < -0.4 is 5.73 Å². The first-order valence-corrected chi connectivity index (χ1v) is 9.82. The van der Waals surface area contributed by atoms with Gasteiger partial charge < -0.3 is 5.73 Å². The molecule has 1 saturated heterocycles. The van der Waals surface area contributed by atoms with Gasteiger partial charge in [0.05, 0.1) is 0 Å². The third-order valence-corrected chi connectivity index (χ3v) is 5.17. The molecular weight excluding hydrogens is 275 g/mol. The van der Waals surface area contributed by atoms with Crippen LogP contribution in [0.5, 0.6) is 0 Å². The number of rotatable bonds is 12. The molecular formula is C19H39FN2. The van der Waals surface area contributed by atoms with Crippen LogP contribution in [-0.4, -0.2) is 36.2 Å². The van der Waals surface area contributed by atoms with Crippen molar-refractivity contribution in [3.8, 4) is 0 Å². The number of unbranched alkanes of at least 4 members (excludes halogenated alkanes) is 7. The number of nitrogens with two attached hydrogens (primary N) is 1. The zero-order valence-corrected chi connectivity index (χ0v) is 15.0. The van der Waals surface area contributed by atoms with Crippen molar-refractivity contribution in [1.29, 1.82) is 0 Å². The molecule has 1 unspecified atom stereocenters. The molecule has 0 aromatic carbocycles. The van der Waals surface area contributed by atoms with Gasteiger partial charge in [0.2, 0.25) is 0 Å². The van der Waals surface area contributed by atoms with Gasteiger partial charge in [-0.05, 0) is 19.3 Å². The van der Waals surface area contributed by atoms with E-state index in [4.69, 9.17) is 5.73 Å². The van der Waals surface area contributed by atoms with E-state index in [2.05, 4.69) is 18.7 Å². The van der Waals surface area contributed by atoms with Gasteiger partial charge in [0, 0.05) is 25.2 Å². The lowest BCUT2D eigenvalue weighted by molar-refractivity contribution is 0.0740. The predicted molar refractivity (Wildman–Crippen MR) is 95.0 cm³/mol. The smallest absolute Gasteiger partial charge is 0.128 e. The molecule has 2 nitrogen and oxygen atoms in total. The molecule has 1 aliphatic rings. The van der Waals surface area contributed by atoms with Crippen molar-refractivity contribution >= 4 is 0 Å². The number of piperidine rings is 1. The summed E-state index contributed by atoms with van der Waals surface area (Å²) < 4.78 is 14.0. The SMILES string of the molecule is CCCCCCCC(CCCCCC)N1CC[C@H](N)[C@H](F)C1. The molecule has 22 heavy (non-hydrogen) atoms. The maximum absolute atomic E-state index is 14.0. The first-order valence-electron chi connectivity index (χ1n) is 9.82. The van der Waals surface area contributed by atoms with E-state index in [1.54, 1.807) is 0 Å². The molecule has 0 amide bonds. The van der Waals surface area contributed by atoms with Crippen molar-refractivity contribution in [3.05, 3.63) is 0 Å². The summed E-state index contributed by atoms with van der Waals surface area (Å²) >= 11 is 0. The summed E-state index contributed by atoms with van der Waals surface area (Å²) in [7, 11) is 0. The molecule has 0 bridgehead atoms. The first kappa shape index (κ1) is 19.9. The van der Waals surface area contributed by atoms with Crippen LogP contribution >= 0.6 is 0 Å². The van der Waals surface area contributed by atoms with Crippen molar-refractivity contribution in [1.82, 2.24) is 4.90 Å². The molecule has 0 aromatic heterocycles. The fourth-order valence-corrected chi connectivity index (χ4v) is 3.58. The lowest BCUT2D eigenvalue weighted by Crippen LogP contribution is -2.51. The van der Waals surface area contributed by atoms with E-state index in [1.165, 1.54) is 70.6 Å². The number of hydrogen-bond donors (Lipinski definition) is 1. The zero-order chi connectivity index (χ0) is 16.2. The fourth-order valence-electron chi connectivity index (χ4n) is 3.58. The zero-order valence-electron chi connectivity index (χ0n) is 15.0. The van der Waals surface area contributed by atoms with E-state index < -0.39 is 6.17 Å². The second-order valence-electron chi connectivity index (χ2n) is 7.17. The van der Waals surface area contributed by atoms with Gasteiger partial charge in [-0.25, -0.2) is 4.39 Å². The Hall–Kier alpha value is -0.150. The Morgan fingerprint density at radius 1 is 0.955 bits per heavy atom. The van der Waals surface area contributed by atoms with Gasteiger partial charge in [-0.2, -0.15) is 0 Å². The highest BCUT2D eigenvalue weighted by Crippen LogP contribution is 2.22. The molecule has 0 spiro atoms. The summed E-state index contributed by atoms with van der Waals surface area (Å²) in [5.74, 6) is 0. The number of halogens is 1. The minimum atomic E-state index is -0.827. The average molecular weight is 315 g/mol. The Morgan fingerprint density at radius 2 is 1.50 bits per heavy atom. The second kappa shape index (κ2) is 12.3. The number of likely N-dealkylation sites (tertiary alicyclic amines) is 1. The van der Waals surface area contributed by atoms with E-state index in [1.807, 2.05) is 0 Å². The predicted octanol–water partition coefficient (Wildman–Crippen LogP) is 5.06. The molecule has 132 valence electrons. The van der Waals surface area contributed by atoms with Crippen molar-refractivity contribution in [2.45, 2.75) is 109 Å². The molecule has 0 saturated carbocycles. The van der Waals surface area contributed by atoms with E-state index >= 15 is 0 Å².